The fourth-order valence-corrected chi connectivity index (χ4v) is 2.72. The highest BCUT2D eigenvalue weighted by Crippen LogP contribution is 2.35. The minimum absolute atomic E-state index is 0.0706. The predicted molar refractivity (Wildman–Crippen MR) is 93.4 cm³/mol. The summed E-state index contributed by atoms with van der Waals surface area (Å²) in [6.45, 7) is -0.369. The number of rotatable bonds is 4. The van der Waals surface area contributed by atoms with Crippen molar-refractivity contribution in [3.63, 3.8) is 0 Å². The van der Waals surface area contributed by atoms with E-state index in [9.17, 15) is 18.0 Å². The van der Waals surface area contributed by atoms with Gasteiger partial charge in [-0.3, -0.25) is 4.79 Å². The first-order valence-corrected chi connectivity index (χ1v) is 8.19. The minimum Gasteiger partial charge on any atom is -0.483 e. The average molecular weight is 390 g/mol. The van der Waals surface area contributed by atoms with Gasteiger partial charge in [0, 0.05) is 23.2 Å². The van der Waals surface area contributed by atoms with Crippen LogP contribution in [0.3, 0.4) is 0 Å². The van der Waals surface area contributed by atoms with Crippen LogP contribution in [0.1, 0.15) is 5.69 Å². The number of anilines is 1. The largest absolute Gasteiger partial charge is 0.483 e. The lowest BCUT2D eigenvalue weighted by atomic mass is 10.2. The summed E-state index contributed by atoms with van der Waals surface area (Å²) in [6.07, 6.45) is -4.63. The molecule has 144 valence electrons. The van der Waals surface area contributed by atoms with Crippen molar-refractivity contribution in [3.8, 4) is 17.2 Å². The van der Waals surface area contributed by atoms with Crippen LogP contribution in [0.5, 0.6) is 17.2 Å². The molecule has 0 radical (unpaired) electrons. The lowest BCUT2D eigenvalue weighted by molar-refractivity contribution is -0.141. The number of benzene rings is 2. The molecule has 1 amide bonds. The third-order valence-corrected chi connectivity index (χ3v) is 3.98. The lowest BCUT2D eigenvalue weighted by Gasteiger charge is -2.13. The van der Waals surface area contributed by atoms with Gasteiger partial charge in [0.05, 0.1) is 5.52 Å². The number of fused-ring (bicyclic) bond motifs is 2. The number of hydrogen-bond acceptors (Lipinski definition) is 5. The second kappa shape index (κ2) is 6.91. The number of carbonyl (C=O) groups is 1. The molecule has 0 atom stereocenters. The van der Waals surface area contributed by atoms with E-state index in [1.54, 1.807) is 36.4 Å². The number of aromatic nitrogens is 1. The summed E-state index contributed by atoms with van der Waals surface area (Å²) >= 11 is 0. The average Bonchev–Trinajstić information content (AvgIpc) is 3.13. The third-order valence-electron chi connectivity index (χ3n) is 3.98. The van der Waals surface area contributed by atoms with Crippen LogP contribution in [0.2, 0.25) is 0 Å². The molecular formula is C19H13F3N2O4. The van der Waals surface area contributed by atoms with Gasteiger partial charge >= 0.3 is 6.18 Å². The van der Waals surface area contributed by atoms with Crippen molar-refractivity contribution in [2.75, 3.05) is 18.7 Å². The zero-order valence-corrected chi connectivity index (χ0v) is 14.2. The van der Waals surface area contributed by atoms with E-state index in [4.69, 9.17) is 14.2 Å². The number of alkyl halides is 3. The monoisotopic (exact) mass is 390 g/mol. The smallest absolute Gasteiger partial charge is 0.433 e. The Balaban J connectivity index is 1.51. The minimum atomic E-state index is -4.63. The van der Waals surface area contributed by atoms with Crippen LogP contribution in [-0.4, -0.2) is 24.3 Å². The molecule has 0 spiro atoms. The first kappa shape index (κ1) is 17.9. The third kappa shape index (κ3) is 3.64. The van der Waals surface area contributed by atoms with Crippen molar-refractivity contribution in [2.45, 2.75) is 6.18 Å². The van der Waals surface area contributed by atoms with Gasteiger partial charge in [0.2, 0.25) is 6.79 Å². The maximum Gasteiger partial charge on any atom is 0.433 e. The number of amides is 1. The molecule has 6 nitrogen and oxygen atoms in total. The van der Waals surface area contributed by atoms with Crippen molar-refractivity contribution in [3.05, 3.63) is 54.2 Å². The molecule has 2 aromatic carbocycles. The summed E-state index contributed by atoms with van der Waals surface area (Å²) in [7, 11) is 0. The van der Waals surface area contributed by atoms with E-state index in [2.05, 4.69) is 10.3 Å². The Morgan fingerprint density at radius 1 is 1.11 bits per heavy atom. The molecule has 1 aromatic heterocycles. The van der Waals surface area contributed by atoms with Gasteiger partial charge in [-0.15, -0.1) is 0 Å². The Labute approximate surface area is 156 Å². The topological polar surface area (TPSA) is 69.7 Å². The molecule has 0 saturated carbocycles. The van der Waals surface area contributed by atoms with Crippen LogP contribution in [0.15, 0.2) is 48.5 Å². The second-order valence-electron chi connectivity index (χ2n) is 5.93. The van der Waals surface area contributed by atoms with Crippen molar-refractivity contribution < 1.29 is 32.2 Å². The molecule has 2 heterocycles. The quantitative estimate of drug-likeness (QED) is 0.729. The molecule has 3 aromatic rings. The first-order chi connectivity index (χ1) is 13.4. The molecule has 1 aliphatic rings. The van der Waals surface area contributed by atoms with Crippen LogP contribution in [-0.2, 0) is 11.0 Å². The van der Waals surface area contributed by atoms with E-state index >= 15 is 0 Å². The number of ether oxygens (including phenoxy) is 3. The first-order valence-electron chi connectivity index (χ1n) is 8.19. The van der Waals surface area contributed by atoms with Crippen LogP contribution in [0.25, 0.3) is 10.9 Å². The molecule has 0 aliphatic carbocycles. The van der Waals surface area contributed by atoms with Crippen LogP contribution >= 0.6 is 0 Å². The highest BCUT2D eigenvalue weighted by atomic mass is 19.4. The number of para-hydroxylation sites is 1. The van der Waals surface area contributed by atoms with Gasteiger partial charge in [-0.25, -0.2) is 4.98 Å². The molecule has 1 aliphatic heterocycles. The Morgan fingerprint density at radius 2 is 1.89 bits per heavy atom. The van der Waals surface area contributed by atoms with E-state index in [1.807, 2.05) is 0 Å². The molecule has 28 heavy (non-hydrogen) atoms. The van der Waals surface area contributed by atoms with E-state index < -0.39 is 24.4 Å². The van der Waals surface area contributed by atoms with Crippen molar-refractivity contribution in [1.82, 2.24) is 4.98 Å². The molecular weight excluding hydrogens is 377 g/mol. The molecule has 4 rings (SSSR count). The summed E-state index contributed by atoms with van der Waals surface area (Å²) in [6, 6.07) is 11.9. The highest BCUT2D eigenvalue weighted by molar-refractivity contribution is 5.93. The lowest BCUT2D eigenvalue weighted by Crippen LogP contribution is -2.20. The number of pyridine rings is 1. The maximum atomic E-state index is 13.1. The Hall–Kier alpha value is -3.49. The van der Waals surface area contributed by atoms with E-state index in [1.165, 1.54) is 6.07 Å². The van der Waals surface area contributed by atoms with Crippen LogP contribution in [0.4, 0.5) is 18.9 Å². The number of carbonyl (C=O) groups excluding carboxylic acids is 1. The summed E-state index contributed by atoms with van der Waals surface area (Å²) in [5.41, 5.74) is -0.505. The normalized spacial score (nSPS) is 12.8. The number of halogens is 3. The van der Waals surface area contributed by atoms with Crippen molar-refractivity contribution in [2.24, 2.45) is 0 Å². The summed E-state index contributed by atoms with van der Waals surface area (Å²) in [5, 5.41) is 2.98. The second-order valence-corrected chi connectivity index (χ2v) is 5.93. The van der Waals surface area contributed by atoms with Gasteiger partial charge in [-0.05, 0) is 24.3 Å². The predicted octanol–water partition coefficient (Wildman–Crippen LogP) is 4.00. The Morgan fingerprint density at radius 3 is 2.71 bits per heavy atom. The van der Waals surface area contributed by atoms with Gasteiger partial charge in [0.15, 0.2) is 18.1 Å². The van der Waals surface area contributed by atoms with Crippen molar-refractivity contribution in [1.29, 1.82) is 0 Å². The SMILES string of the molecule is O=C(COc1cc(C(F)(F)F)nc2ccccc12)Nc1ccc2c(c1)OCO2. The molecule has 0 bridgehead atoms. The molecule has 1 N–H and O–H groups in total. The van der Waals surface area contributed by atoms with Gasteiger partial charge in [0.1, 0.15) is 11.4 Å². The maximum absolute atomic E-state index is 13.1. The summed E-state index contributed by atoms with van der Waals surface area (Å²) in [5.74, 6) is 0.456. The summed E-state index contributed by atoms with van der Waals surface area (Å²) < 4.78 is 55.0. The van der Waals surface area contributed by atoms with E-state index in [0.717, 1.165) is 6.07 Å². The molecule has 0 unspecified atom stereocenters. The molecule has 0 fully saturated rings. The highest BCUT2D eigenvalue weighted by Gasteiger charge is 2.33. The number of nitrogens with one attached hydrogen (secondary N) is 1. The summed E-state index contributed by atoms with van der Waals surface area (Å²) in [4.78, 5) is 15.8. The zero-order valence-electron chi connectivity index (χ0n) is 14.2. The molecule has 9 heteroatoms. The molecule has 0 saturated heterocycles. The van der Waals surface area contributed by atoms with Crippen LogP contribution in [0, 0.1) is 0 Å². The van der Waals surface area contributed by atoms with E-state index in [0.29, 0.717) is 22.6 Å². The van der Waals surface area contributed by atoms with E-state index in [-0.39, 0.29) is 18.1 Å². The fourth-order valence-electron chi connectivity index (χ4n) is 2.72. The van der Waals surface area contributed by atoms with Crippen LogP contribution < -0.4 is 19.5 Å². The van der Waals surface area contributed by atoms with Gasteiger partial charge < -0.3 is 19.5 Å². The fraction of sp³-hybridized carbons (Fsp3) is 0.158. The van der Waals surface area contributed by atoms with Gasteiger partial charge in [-0.2, -0.15) is 13.2 Å². The van der Waals surface area contributed by atoms with Gasteiger partial charge in [-0.1, -0.05) is 12.1 Å². The number of hydrogen-bond donors (Lipinski definition) is 1. The van der Waals surface area contributed by atoms with Gasteiger partial charge in [0.25, 0.3) is 5.91 Å². The standard InChI is InChI=1S/C19H13F3N2O4/c20-19(21,22)17-8-15(12-3-1-2-4-13(12)24-17)26-9-18(25)23-11-5-6-14-16(7-11)28-10-27-14/h1-8H,9-10H2,(H,23,25). The number of nitrogens with zero attached hydrogens (tertiary/aromatic N) is 1. The Kier molecular flexibility index (Phi) is 4.42. The zero-order chi connectivity index (χ0) is 19.7. The Bertz CT molecular complexity index is 1050. The van der Waals surface area contributed by atoms with Crippen molar-refractivity contribution >= 4 is 22.5 Å².